The molecule has 0 amide bonds. The maximum Gasteiger partial charge on any atom is 0.175 e. The lowest BCUT2D eigenvalue weighted by Crippen LogP contribution is -2.07. The standard InChI is InChI=1S/C16H23N3O2S/c1-12(2)10-19-11-15(9-17-19)18-13(3)14-5-7-16(8-6-14)22(4,20)21/h5-9,11-13,18H,10H2,1-4H3/t13-/m0/s1. The Bertz CT molecular complexity index is 718. The molecule has 0 fully saturated rings. The van der Waals surface area contributed by atoms with Gasteiger partial charge in [0, 0.05) is 25.0 Å². The molecule has 1 N–H and O–H groups in total. The summed E-state index contributed by atoms with van der Waals surface area (Å²) in [6.07, 6.45) is 5.01. The predicted molar refractivity (Wildman–Crippen MR) is 88.7 cm³/mol. The van der Waals surface area contributed by atoms with E-state index in [4.69, 9.17) is 0 Å². The fourth-order valence-corrected chi connectivity index (χ4v) is 2.88. The maximum atomic E-state index is 11.5. The van der Waals surface area contributed by atoms with Crippen LogP contribution in [0, 0.1) is 5.92 Å². The van der Waals surface area contributed by atoms with E-state index in [1.54, 1.807) is 12.1 Å². The Balaban J connectivity index is 2.05. The van der Waals surface area contributed by atoms with Gasteiger partial charge in [0.15, 0.2) is 9.84 Å². The van der Waals surface area contributed by atoms with Gasteiger partial charge in [0.05, 0.1) is 16.8 Å². The highest BCUT2D eigenvalue weighted by Gasteiger charge is 2.10. The van der Waals surface area contributed by atoms with Gasteiger partial charge < -0.3 is 5.32 Å². The first-order chi connectivity index (χ1) is 10.3. The number of rotatable bonds is 6. The Morgan fingerprint density at radius 3 is 2.36 bits per heavy atom. The van der Waals surface area contributed by atoms with E-state index in [9.17, 15) is 8.42 Å². The Morgan fingerprint density at radius 1 is 1.18 bits per heavy atom. The normalized spacial score (nSPS) is 13.3. The minimum Gasteiger partial charge on any atom is -0.376 e. The van der Waals surface area contributed by atoms with E-state index >= 15 is 0 Å². The van der Waals surface area contributed by atoms with E-state index in [0.717, 1.165) is 17.8 Å². The van der Waals surface area contributed by atoms with Crippen LogP contribution in [-0.4, -0.2) is 24.5 Å². The summed E-state index contributed by atoms with van der Waals surface area (Å²) in [6.45, 7) is 7.23. The smallest absolute Gasteiger partial charge is 0.175 e. The molecule has 1 aromatic carbocycles. The molecule has 0 aliphatic heterocycles. The van der Waals surface area contributed by atoms with Crippen LogP contribution >= 0.6 is 0 Å². The van der Waals surface area contributed by atoms with Gasteiger partial charge in [-0.3, -0.25) is 4.68 Å². The lowest BCUT2D eigenvalue weighted by atomic mass is 10.1. The Labute approximate surface area is 132 Å². The number of nitrogens with one attached hydrogen (secondary N) is 1. The Kier molecular flexibility index (Phi) is 4.90. The number of hydrogen-bond donors (Lipinski definition) is 1. The van der Waals surface area contributed by atoms with Gasteiger partial charge in [0.2, 0.25) is 0 Å². The van der Waals surface area contributed by atoms with E-state index < -0.39 is 9.84 Å². The van der Waals surface area contributed by atoms with Crippen LogP contribution in [0.25, 0.3) is 0 Å². The van der Waals surface area contributed by atoms with E-state index in [-0.39, 0.29) is 6.04 Å². The molecule has 2 rings (SSSR count). The highest BCUT2D eigenvalue weighted by atomic mass is 32.2. The van der Waals surface area contributed by atoms with Gasteiger partial charge in [-0.1, -0.05) is 26.0 Å². The molecule has 22 heavy (non-hydrogen) atoms. The average molecular weight is 321 g/mol. The fraction of sp³-hybridized carbons (Fsp3) is 0.438. The molecule has 0 saturated carbocycles. The number of aromatic nitrogens is 2. The molecule has 5 nitrogen and oxygen atoms in total. The predicted octanol–water partition coefficient (Wildman–Crippen LogP) is 3.12. The van der Waals surface area contributed by atoms with Crippen molar-refractivity contribution in [1.82, 2.24) is 9.78 Å². The molecule has 0 bridgehead atoms. The molecule has 6 heteroatoms. The Morgan fingerprint density at radius 2 is 1.82 bits per heavy atom. The van der Waals surface area contributed by atoms with Crippen LogP contribution in [0.4, 0.5) is 5.69 Å². The van der Waals surface area contributed by atoms with Crippen molar-refractivity contribution in [2.75, 3.05) is 11.6 Å². The van der Waals surface area contributed by atoms with Crippen LogP contribution in [-0.2, 0) is 16.4 Å². The van der Waals surface area contributed by atoms with Crippen LogP contribution in [0.15, 0.2) is 41.6 Å². The average Bonchev–Trinajstić information content (AvgIpc) is 2.84. The largest absolute Gasteiger partial charge is 0.376 e. The number of anilines is 1. The van der Waals surface area contributed by atoms with Crippen molar-refractivity contribution < 1.29 is 8.42 Å². The molecule has 0 aliphatic rings. The number of benzene rings is 1. The molecular formula is C16H23N3O2S. The molecule has 1 atom stereocenters. The van der Waals surface area contributed by atoms with Crippen LogP contribution < -0.4 is 5.32 Å². The van der Waals surface area contributed by atoms with Gasteiger partial charge in [-0.05, 0) is 30.5 Å². The van der Waals surface area contributed by atoms with Gasteiger partial charge in [-0.15, -0.1) is 0 Å². The second-order valence-corrected chi connectivity index (χ2v) is 8.07. The van der Waals surface area contributed by atoms with Crippen molar-refractivity contribution in [3.05, 3.63) is 42.2 Å². The summed E-state index contributed by atoms with van der Waals surface area (Å²) in [6, 6.07) is 7.04. The van der Waals surface area contributed by atoms with Crippen LogP contribution in [0.2, 0.25) is 0 Å². The van der Waals surface area contributed by atoms with Crippen LogP contribution in [0.3, 0.4) is 0 Å². The lowest BCUT2D eigenvalue weighted by molar-refractivity contribution is 0.483. The van der Waals surface area contributed by atoms with Crippen molar-refractivity contribution >= 4 is 15.5 Å². The zero-order chi connectivity index (χ0) is 16.3. The summed E-state index contributed by atoms with van der Waals surface area (Å²) in [7, 11) is -3.15. The van der Waals surface area contributed by atoms with Gasteiger partial charge in [-0.25, -0.2) is 8.42 Å². The molecule has 0 saturated heterocycles. The summed E-state index contributed by atoms with van der Waals surface area (Å²) in [5, 5.41) is 7.70. The maximum absolute atomic E-state index is 11.5. The van der Waals surface area contributed by atoms with Crippen molar-refractivity contribution in [3.63, 3.8) is 0 Å². The molecular weight excluding hydrogens is 298 g/mol. The van der Waals surface area contributed by atoms with Gasteiger partial charge >= 0.3 is 0 Å². The zero-order valence-corrected chi connectivity index (χ0v) is 14.3. The highest BCUT2D eigenvalue weighted by molar-refractivity contribution is 7.90. The first-order valence-electron chi connectivity index (χ1n) is 7.34. The minimum absolute atomic E-state index is 0.0744. The van der Waals surface area contributed by atoms with E-state index in [1.165, 1.54) is 6.26 Å². The van der Waals surface area contributed by atoms with Gasteiger partial charge in [-0.2, -0.15) is 5.10 Å². The van der Waals surface area contributed by atoms with Crippen LogP contribution in [0.1, 0.15) is 32.4 Å². The molecule has 0 aliphatic carbocycles. The zero-order valence-electron chi connectivity index (χ0n) is 13.4. The number of nitrogens with zero attached hydrogens (tertiary/aromatic N) is 2. The minimum atomic E-state index is -3.15. The fourth-order valence-electron chi connectivity index (χ4n) is 2.25. The molecule has 1 aromatic heterocycles. The number of hydrogen-bond acceptors (Lipinski definition) is 4. The topological polar surface area (TPSA) is 64.0 Å². The van der Waals surface area contributed by atoms with E-state index in [1.807, 2.05) is 36.1 Å². The molecule has 0 radical (unpaired) electrons. The lowest BCUT2D eigenvalue weighted by Gasteiger charge is -2.14. The summed E-state index contributed by atoms with van der Waals surface area (Å²) >= 11 is 0. The SMILES string of the molecule is CC(C)Cn1cc(N[C@@H](C)c2ccc(S(C)(=O)=O)cc2)cn1. The van der Waals surface area contributed by atoms with Crippen molar-refractivity contribution in [3.8, 4) is 0 Å². The first kappa shape index (κ1) is 16.5. The monoisotopic (exact) mass is 321 g/mol. The quantitative estimate of drug-likeness (QED) is 0.888. The third kappa shape index (κ3) is 4.34. The van der Waals surface area contributed by atoms with E-state index in [2.05, 4.69) is 24.3 Å². The third-order valence-corrected chi connectivity index (χ3v) is 4.51. The summed E-state index contributed by atoms with van der Waals surface area (Å²) in [5.41, 5.74) is 1.99. The van der Waals surface area contributed by atoms with E-state index in [0.29, 0.717) is 10.8 Å². The molecule has 0 unspecified atom stereocenters. The van der Waals surface area contributed by atoms with Gasteiger partial charge in [0.1, 0.15) is 0 Å². The molecule has 0 spiro atoms. The second kappa shape index (κ2) is 6.52. The Hall–Kier alpha value is -1.82. The summed E-state index contributed by atoms with van der Waals surface area (Å²) < 4.78 is 24.9. The first-order valence-corrected chi connectivity index (χ1v) is 9.24. The van der Waals surface area contributed by atoms with Crippen molar-refractivity contribution in [1.29, 1.82) is 0 Å². The molecule has 1 heterocycles. The third-order valence-electron chi connectivity index (χ3n) is 3.38. The molecule has 2 aromatic rings. The van der Waals surface area contributed by atoms with Gasteiger partial charge in [0.25, 0.3) is 0 Å². The molecule has 120 valence electrons. The van der Waals surface area contributed by atoms with Crippen LogP contribution in [0.5, 0.6) is 0 Å². The summed E-state index contributed by atoms with van der Waals surface area (Å²) in [5.74, 6) is 0.550. The van der Waals surface area contributed by atoms with Crippen molar-refractivity contribution in [2.24, 2.45) is 5.92 Å². The highest BCUT2D eigenvalue weighted by Crippen LogP contribution is 2.20. The second-order valence-electron chi connectivity index (χ2n) is 6.05. The number of sulfone groups is 1. The van der Waals surface area contributed by atoms with Crippen molar-refractivity contribution in [2.45, 2.75) is 38.3 Å². The summed E-state index contributed by atoms with van der Waals surface area (Å²) in [4.78, 5) is 0.341.